The van der Waals surface area contributed by atoms with Gasteiger partial charge in [0.05, 0.1) is 0 Å². The summed E-state index contributed by atoms with van der Waals surface area (Å²) in [6.45, 7) is 1.65. The van der Waals surface area contributed by atoms with Crippen LogP contribution in [0.3, 0.4) is 0 Å². The Bertz CT molecular complexity index is 302. The molecule has 1 aromatic rings. The van der Waals surface area contributed by atoms with Crippen LogP contribution in [0.15, 0.2) is 6.07 Å². The van der Waals surface area contributed by atoms with Crippen molar-refractivity contribution in [3.05, 3.63) is 24.6 Å². The van der Waals surface area contributed by atoms with Gasteiger partial charge in [0.1, 0.15) is 9.39 Å². The van der Waals surface area contributed by atoms with E-state index >= 15 is 0 Å². The summed E-state index contributed by atoms with van der Waals surface area (Å²) < 4.78 is 26.1. The molecule has 0 saturated carbocycles. The number of aryl methyl sites for hydroxylation is 1. The second kappa shape index (κ2) is 4.12. The molecule has 0 N–H and O–H groups in total. The molecule has 0 aliphatic carbocycles. The van der Waals surface area contributed by atoms with Crippen LogP contribution < -0.4 is 0 Å². The zero-order valence-corrected chi connectivity index (χ0v) is 10.4. The van der Waals surface area contributed by atoms with Gasteiger partial charge in [-0.1, -0.05) is 0 Å². The molecule has 66 valence electrons. The highest BCUT2D eigenvalue weighted by atomic mass is 127. The largest absolute Gasteiger partial charge is 0.280 e. The number of aromatic nitrogens is 1. The van der Waals surface area contributed by atoms with Crippen LogP contribution in [0.2, 0.25) is 0 Å². The third kappa shape index (κ3) is 2.24. The minimum Gasteiger partial charge on any atom is -0.239 e. The maximum absolute atomic E-state index is 12.3. The summed E-state index contributed by atoms with van der Waals surface area (Å²) in [7, 11) is 0. The highest BCUT2D eigenvalue weighted by Gasteiger charge is 2.14. The predicted molar refractivity (Wildman–Crippen MR) is 59.4 cm³/mol. The summed E-state index contributed by atoms with van der Waals surface area (Å²) in [5, 5.41) is 0. The van der Waals surface area contributed by atoms with Gasteiger partial charge in [-0.15, -0.1) is 0 Å². The predicted octanol–water partition coefficient (Wildman–Crippen LogP) is 3.54. The number of nitrogens with zero attached hydrogens (tertiary/aromatic N) is 1. The second-order valence-corrected chi connectivity index (χ2v) is 4.45. The van der Waals surface area contributed by atoms with E-state index in [1.807, 2.05) is 22.6 Å². The molecule has 0 bridgehead atoms. The normalized spacial score (nSPS) is 10.8. The van der Waals surface area contributed by atoms with Crippen LogP contribution in [-0.2, 0) is 0 Å². The van der Waals surface area contributed by atoms with Gasteiger partial charge in [-0.2, -0.15) is 0 Å². The molecule has 1 rings (SSSR count). The average molecular weight is 395 g/mol. The maximum Gasteiger partial charge on any atom is 0.280 e. The van der Waals surface area contributed by atoms with Crippen molar-refractivity contribution in [3.63, 3.8) is 0 Å². The monoisotopic (exact) mass is 395 g/mol. The Labute approximate surface area is 96.2 Å². The summed E-state index contributed by atoms with van der Waals surface area (Å²) in [5.41, 5.74) is 0.439. The lowest BCUT2D eigenvalue weighted by Gasteiger charge is -2.05. The van der Waals surface area contributed by atoms with Crippen LogP contribution in [0.5, 0.6) is 0 Å². The molecule has 0 spiro atoms. The van der Waals surface area contributed by atoms with Crippen molar-refractivity contribution in [3.8, 4) is 0 Å². The summed E-state index contributed by atoms with van der Waals surface area (Å²) in [6, 6.07) is 1.72. The van der Waals surface area contributed by atoms with E-state index in [0.717, 1.165) is 3.57 Å². The van der Waals surface area contributed by atoms with Gasteiger partial charge in [0.2, 0.25) is 0 Å². The standard InChI is InChI=1S/C7H5F2I2N/c1-3-2-4(10)7(11)12-5(3)6(8)9/h2,6H,1H3. The minimum atomic E-state index is -2.48. The summed E-state index contributed by atoms with van der Waals surface area (Å²) in [6.07, 6.45) is -2.48. The molecule has 1 nitrogen and oxygen atoms in total. The quantitative estimate of drug-likeness (QED) is 0.524. The van der Waals surface area contributed by atoms with Crippen molar-refractivity contribution in [1.29, 1.82) is 0 Å². The molecule has 12 heavy (non-hydrogen) atoms. The highest BCUT2D eigenvalue weighted by Crippen LogP contribution is 2.24. The second-order valence-electron chi connectivity index (χ2n) is 2.26. The van der Waals surface area contributed by atoms with Crippen LogP contribution in [0.25, 0.3) is 0 Å². The van der Waals surface area contributed by atoms with Gasteiger partial charge < -0.3 is 0 Å². The molecule has 1 aromatic heterocycles. The number of halogens is 4. The molecular formula is C7H5F2I2N. The van der Waals surface area contributed by atoms with Crippen LogP contribution in [-0.4, -0.2) is 4.98 Å². The summed E-state index contributed by atoms with van der Waals surface area (Å²) >= 11 is 4.02. The van der Waals surface area contributed by atoms with Crippen molar-refractivity contribution in [2.75, 3.05) is 0 Å². The number of rotatable bonds is 1. The van der Waals surface area contributed by atoms with Crippen LogP contribution in [0.4, 0.5) is 8.78 Å². The Balaban J connectivity index is 3.23. The molecule has 0 saturated heterocycles. The summed E-state index contributed by atoms with van der Waals surface area (Å²) in [4.78, 5) is 3.80. The lowest BCUT2D eigenvalue weighted by molar-refractivity contribution is 0.145. The fourth-order valence-corrected chi connectivity index (χ4v) is 1.80. The smallest absolute Gasteiger partial charge is 0.239 e. The van der Waals surface area contributed by atoms with Crippen LogP contribution >= 0.6 is 45.2 Å². The Hall–Kier alpha value is 0.470. The Morgan fingerprint density at radius 3 is 2.50 bits per heavy atom. The SMILES string of the molecule is Cc1cc(I)c(I)nc1C(F)F. The lowest BCUT2D eigenvalue weighted by atomic mass is 10.2. The molecule has 0 aromatic carbocycles. The first kappa shape index (κ1) is 10.6. The molecular weight excluding hydrogens is 390 g/mol. The van der Waals surface area contributed by atoms with E-state index in [4.69, 9.17) is 0 Å². The molecule has 1 heterocycles. The van der Waals surface area contributed by atoms with Gasteiger partial charge in [-0.25, -0.2) is 13.8 Å². The van der Waals surface area contributed by atoms with Crippen LogP contribution in [0, 0.1) is 14.2 Å². The van der Waals surface area contributed by atoms with E-state index in [0.29, 0.717) is 9.26 Å². The number of alkyl halides is 2. The molecule has 0 unspecified atom stereocenters. The third-order valence-electron chi connectivity index (χ3n) is 1.37. The van der Waals surface area contributed by atoms with Gasteiger partial charge in [0.25, 0.3) is 6.43 Å². The van der Waals surface area contributed by atoms with Gasteiger partial charge in [-0.05, 0) is 63.7 Å². The molecule has 0 aliphatic heterocycles. The van der Waals surface area contributed by atoms with Crippen LogP contribution in [0.1, 0.15) is 17.7 Å². The highest BCUT2D eigenvalue weighted by molar-refractivity contribution is 14.1. The van der Waals surface area contributed by atoms with Gasteiger partial charge >= 0.3 is 0 Å². The lowest BCUT2D eigenvalue weighted by Crippen LogP contribution is -1.98. The topological polar surface area (TPSA) is 12.9 Å². The van der Waals surface area contributed by atoms with Crippen molar-refractivity contribution >= 4 is 45.2 Å². The van der Waals surface area contributed by atoms with E-state index in [1.54, 1.807) is 13.0 Å². The molecule has 0 atom stereocenters. The summed E-state index contributed by atoms with van der Waals surface area (Å²) in [5.74, 6) is 0. The van der Waals surface area contributed by atoms with E-state index in [-0.39, 0.29) is 5.69 Å². The van der Waals surface area contributed by atoms with E-state index in [1.165, 1.54) is 0 Å². The van der Waals surface area contributed by atoms with E-state index in [9.17, 15) is 8.78 Å². The molecule has 0 aliphatic rings. The molecule has 5 heteroatoms. The Morgan fingerprint density at radius 1 is 1.42 bits per heavy atom. The fraction of sp³-hybridized carbons (Fsp3) is 0.286. The van der Waals surface area contributed by atoms with Crippen molar-refractivity contribution in [1.82, 2.24) is 4.98 Å². The van der Waals surface area contributed by atoms with Gasteiger partial charge in [0.15, 0.2) is 0 Å². The minimum absolute atomic E-state index is 0.111. The third-order valence-corrected chi connectivity index (χ3v) is 4.05. The maximum atomic E-state index is 12.3. The number of pyridine rings is 1. The Morgan fingerprint density at radius 2 is 2.00 bits per heavy atom. The average Bonchev–Trinajstić information content (AvgIpc) is 1.96. The fourth-order valence-electron chi connectivity index (χ4n) is 0.792. The first-order valence-corrected chi connectivity index (χ1v) is 5.29. The van der Waals surface area contributed by atoms with E-state index in [2.05, 4.69) is 27.6 Å². The molecule has 0 amide bonds. The van der Waals surface area contributed by atoms with Gasteiger partial charge in [0, 0.05) is 3.57 Å². The number of hydrogen-bond acceptors (Lipinski definition) is 1. The van der Waals surface area contributed by atoms with Gasteiger partial charge in [-0.3, -0.25) is 0 Å². The first-order chi connectivity index (χ1) is 5.52. The zero-order valence-electron chi connectivity index (χ0n) is 6.11. The zero-order chi connectivity index (χ0) is 9.30. The molecule has 0 fully saturated rings. The Kier molecular flexibility index (Phi) is 3.62. The van der Waals surface area contributed by atoms with E-state index < -0.39 is 6.43 Å². The van der Waals surface area contributed by atoms with Crippen molar-refractivity contribution in [2.45, 2.75) is 13.3 Å². The van der Waals surface area contributed by atoms with Crippen molar-refractivity contribution < 1.29 is 8.78 Å². The molecule has 0 radical (unpaired) electrons. The van der Waals surface area contributed by atoms with Crippen molar-refractivity contribution in [2.24, 2.45) is 0 Å². The number of hydrogen-bond donors (Lipinski definition) is 0. The first-order valence-electron chi connectivity index (χ1n) is 3.13.